The molecule has 3 nitrogen and oxygen atoms in total. The van der Waals surface area contributed by atoms with Crippen molar-refractivity contribution in [1.82, 2.24) is 15.0 Å². The lowest BCUT2D eigenvalue weighted by Gasteiger charge is -2.14. The molecule has 0 saturated heterocycles. The van der Waals surface area contributed by atoms with Crippen LogP contribution < -0.4 is 0 Å². The van der Waals surface area contributed by atoms with E-state index in [1.54, 1.807) is 6.20 Å². The molecule has 0 N–H and O–H groups in total. The fourth-order valence-electron chi connectivity index (χ4n) is 5.96. The average Bonchev–Trinajstić information content (AvgIpc) is 3.11. The first-order valence-electron chi connectivity index (χ1n) is 14.8. The second-order valence-electron chi connectivity index (χ2n) is 10.9. The van der Waals surface area contributed by atoms with Gasteiger partial charge in [0.2, 0.25) is 0 Å². The Hall–Kier alpha value is -5.93. The molecule has 2 heterocycles. The number of hydrogen-bond acceptors (Lipinski definition) is 3. The minimum Gasteiger partial charge on any atom is -0.264 e. The van der Waals surface area contributed by atoms with Crippen LogP contribution in [0.25, 0.3) is 77.7 Å². The van der Waals surface area contributed by atoms with Gasteiger partial charge in [0.1, 0.15) is 0 Å². The molecule has 2 aromatic heterocycles. The van der Waals surface area contributed by atoms with Gasteiger partial charge in [0.15, 0.2) is 5.82 Å². The Morgan fingerprint density at radius 1 is 0.364 bits per heavy atom. The summed E-state index contributed by atoms with van der Waals surface area (Å²) in [5.41, 5.74) is 9.59. The third kappa shape index (κ3) is 4.81. The van der Waals surface area contributed by atoms with Crippen molar-refractivity contribution in [3.05, 3.63) is 164 Å². The highest BCUT2D eigenvalue weighted by atomic mass is 14.9. The van der Waals surface area contributed by atoms with Gasteiger partial charge in [-0.2, -0.15) is 0 Å². The van der Waals surface area contributed by atoms with Crippen molar-refractivity contribution >= 4 is 21.5 Å². The van der Waals surface area contributed by atoms with Crippen LogP contribution in [0.2, 0.25) is 0 Å². The quantitative estimate of drug-likeness (QED) is 0.210. The minimum absolute atomic E-state index is 0.710. The van der Waals surface area contributed by atoms with Crippen LogP contribution in [0.4, 0.5) is 0 Å². The number of aromatic nitrogens is 3. The Balaban J connectivity index is 1.29. The van der Waals surface area contributed by atoms with Crippen molar-refractivity contribution in [2.75, 3.05) is 0 Å². The van der Waals surface area contributed by atoms with Crippen LogP contribution in [-0.2, 0) is 0 Å². The fraction of sp³-hybridized carbons (Fsp3) is 0. The molecule has 0 radical (unpaired) electrons. The first-order valence-corrected chi connectivity index (χ1v) is 14.8. The number of benzene rings is 6. The van der Waals surface area contributed by atoms with Gasteiger partial charge in [0.25, 0.3) is 0 Å². The first-order chi connectivity index (χ1) is 21.8. The van der Waals surface area contributed by atoms with Crippen LogP contribution in [0.15, 0.2) is 164 Å². The van der Waals surface area contributed by atoms with Gasteiger partial charge in [-0.15, -0.1) is 0 Å². The number of fused-ring (bicyclic) bond motifs is 2. The zero-order chi connectivity index (χ0) is 29.3. The van der Waals surface area contributed by atoms with Gasteiger partial charge < -0.3 is 0 Å². The maximum absolute atomic E-state index is 5.14. The largest absolute Gasteiger partial charge is 0.264 e. The summed E-state index contributed by atoms with van der Waals surface area (Å²) in [6.07, 6.45) is 3.70. The van der Waals surface area contributed by atoms with Crippen LogP contribution in [0.5, 0.6) is 0 Å². The van der Waals surface area contributed by atoms with Crippen molar-refractivity contribution in [2.24, 2.45) is 0 Å². The molecule has 0 bridgehead atoms. The lowest BCUT2D eigenvalue weighted by atomic mass is 9.93. The predicted octanol–water partition coefficient (Wildman–Crippen LogP) is 10.5. The predicted molar refractivity (Wildman–Crippen MR) is 182 cm³/mol. The van der Waals surface area contributed by atoms with Crippen LogP contribution >= 0.6 is 0 Å². The highest BCUT2D eigenvalue weighted by Crippen LogP contribution is 2.37. The van der Waals surface area contributed by atoms with Gasteiger partial charge in [-0.1, -0.05) is 127 Å². The molecular formula is C41H27N3. The van der Waals surface area contributed by atoms with E-state index in [1.165, 1.54) is 27.3 Å². The van der Waals surface area contributed by atoms with Crippen LogP contribution in [0.1, 0.15) is 0 Å². The molecule has 0 atom stereocenters. The summed E-state index contributed by atoms with van der Waals surface area (Å²) >= 11 is 0. The fourth-order valence-corrected chi connectivity index (χ4v) is 5.96. The van der Waals surface area contributed by atoms with Gasteiger partial charge in [0, 0.05) is 34.6 Å². The molecule has 206 valence electrons. The highest BCUT2D eigenvalue weighted by Gasteiger charge is 2.15. The molecule has 8 rings (SSSR count). The van der Waals surface area contributed by atoms with E-state index in [1.807, 2.05) is 30.5 Å². The Bertz CT molecular complexity index is 2260. The number of pyridine rings is 1. The minimum atomic E-state index is 0.710. The lowest BCUT2D eigenvalue weighted by Crippen LogP contribution is -1.97. The average molecular weight is 562 g/mol. The smallest absolute Gasteiger partial charge is 0.160 e. The molecule has 0 spiro atoms. The van der Waals surface area contributed by atoms with E-state index >= 15 is 0 Å². The van der Waals surface area contributed by atoms with Crippen LogP contribution in [0.3, 0.4) is 0 Å². The SMILES string of the molecule is c1ccc(-c2nc(-c3ccc4cc(-c5cccnc5)ccc4c3)cc(-c3ccc(-c4ccccc4)c4ccccc34)n2)cc1. The summed E-state index contributed by atoms with van der Waals surface area (Å²) in [7, 11) is 0. The molecule has 0 fully saturated rings. The molecule has 0 saturated carbocycles. The molecule has 0 unspecified atom stereocenters. The highest BCUT2D eigenvalue weighted by molar-refractivity contribution is 6.04. The number of hydrogen-bond donors (Lipinski definition) is 0. The van der Waals surface area contributed by atoms with Crippen molar-refractivity contribution in [1.29, 1.82) is 0 Å². The van der Waals surface area contributed by atoms with Crippen molar-refractivity contribution < 1.29 is 0 Å². The molecule has 0 aliphatic rings. The van der Waals surface area contributed by atoms with Crippen molar-refractivity contribution in [3.63, 3.8) is 0 Å². The molecule has 8 aromatic rings. The summed E-state index contributed by atoms with van der Waals surface area (Å²) in [5, 5.41) is 4.70. The van der Waals surface area contributed by atoms with E-state index in [0.29, 0.717) is 5.82 Å². The Morgan fingerprint density at radius 2 is 0.955 bits per heavy atom. The molecule has 3 heteroatoms. The molecule has 0 amide bonds. The third-order valence-electron chi connectivity index (χ3n) is 8.17. The topological polar surface area (TPSA) is 38.7 Å². The van der Waals surface area contributed by atoms with Crippen LogP contribution in [0, 0.1) is 0 Å². The molecule has 0 aliphatic carbocycles. The van der Waals surface area contributed by atoms with Gasteiger partial charge >= 0.3 is 0 Å². The summed E-state index contributed by atoms with van der Waals surface area (Å²) in [4.78, 5) is 14.5. The van der Waals surface area contributed by atoms with Gasteiger partial charge in [-0.25, -0.2) is 9.97 Å². The second-order valence-corrected chi connectivity index (χ2v) is 10.9. The normalized spacial score (nSPS) is 11.2. The second kappa shape index (κ2) is 11.0. The maximum atomic E-state index is 5.14. The van der Waals surface area contributed by atoms with E-state index in [-0.39, 0.29) is 0 Å². The Morgan fingerprint density at radius 3 is 1.68 bits per heavy atom. The van der Waals surface area contributed by atoms with E-state index in [0.717, 1.165) is 44.6 Å². The number of nitrogens with zero attached hydrogens (tertiary/aromatic N) is 3. The van der Waals surface area contributed by atoms with E-state index in [4.69, 9.17) is 9.97 Å². The standard InChI is InChI=1S/C41H27N3/c1-3-10-28(11-4-1)35-21-22-38(37-16-8-7-15-36(35)37)40-26-39(43-41(44-40)29-12-5-2-6-13-29)33-20-19-30-24-32(18-17-31(30)25-33)34-14-9-23-42-27-34/h1-27H. The monoisotopic (exact) mass is 561 g/mol. The van der Waals surface area contributed by atoms with Crippen molar-refractivity contribution in [2.45, 2.75) is 0 Å². The first kappa shape index (κ1) is 25.8. The third-order valence-corrected chi connectivity index (χ3v) is 8.17. The summed E-state index contributed by atoms with van der Waals surface area (Å²) < 4.78 is 0. The summed E-state index contributed by atoms with van der Waals surface area (Å²) in [5.74, 6) is 0.710. The molecule has 0 aliphatic heterocycles. The van der Waals surface area contributed by atoms with Gasteiger partial charge in [-0.3, -0.25) is 4.98 Å². The molecule has 6 aromatic carbocycles. The molecular weight excluding hydrogens is 534 g/mol. The van der Waals surface area contributed by atoms with Gasteiger partial charge in [-0.05, 0) is 62.5 Å². The Labute approximate surface area is 256 Å². The zero-order valence-electron chi connectivity index (χ0n) is 23.9. The van der Waals surface area contributed by atoms with E-state index in [2.05, 4.69) is 132 Å². The zero-order valence-corrected chi connectivity index (χ0v) is 23.9. The maximum Gasteiger partial charge on any atom is 0.160 e. The van der Waals surface area contributed by atoms with E-state index < -0.39 is 0 Å². The number of rotatable bonds is 5. The van der Waals surface area contributed by atoms with Gasteiger partial charge in [0.05, 0.1) is 11.4 Å². The Kier molecular flexibility index (Phi) is 6.47. The van der Waals surface area contributed by atoms with Crippen molar-refractivity contribution in [3.8, 4) is 56.2 Å². The lowest BCUT2D eigenvalue weighted by molar-refractivity contribution is 1.19. The summed E-state index contributed by atoms with van der Waals surface area (Å²) in [6.45, 7) is 0. The molecule has 44 heavy (non-hydrogen) atoms. The van der Waals surface area contributed by atoms with Crippen LogP contribution in [-0.4, -0.2) is 15.0 Å². The summed E-state index contributed by atoms with van der Waals surface area (Å²) in [6, 6.07) is 53.1. The van der Waals surface area contributed by atoms with E-state index in [9.17, 15) is 0 Å².